The van der Waals surface area contributed by atoms with Gasteiger partial charge in [-0.3, -0.25) is 0 Å². The lowest BCUT2D eigenvalue weighted by atomic mass is 9.91. The third-order valence-electron chi connectivity index (χ3n) is 6.72. The van der Waals surface area contributed by atoms with Gasteiger partial charge in [-0.2, -0.15) is 13.2 Å². The standard InChI is InChI=1S/C28H35F3O6/c1-5-6-8-13-21-17-22(18-24(36-21)19-14-15-23(33-2)25(16-19)34-3)37-26(32)27(35-4,28(29,30)31)20-11-9-7-10-12-20/h7,9-12,14-16,21-22,24H,5-6,8,13,17-18H2,1-4H3/t21-,22+,24-,27+/m0/s1. The average Bonchev–Trinajstić information content (AvgIpc) is 2.89. The van der Waals surface area contributed by atoms with Crippen LogP contribution in [0.25, 0.3) is 0 Å². The third kappa shape index (κ3) is 6.38. The highest BCUT2D eigenvalue weighted by molar-refractivity contribution is 5.82. The van der Waals surface area contributed by atoms with Gasteiger partial charge in [0.25, 0.3) is 5.60 Å². The number of benzene rings is 2. The molecule has 1 fully saturated rings. The minimum atomic E-state index is -5.03. The van der Waals surface area contributed by atoms with E-state index in [1.165, 1.54) is 38.5 Å². The van der Waals surface area contributed by atoms with Gasteiger partial charge in [0.05, 0.1) is 26.4 Å². The first-order chi connectivity index (χ1) is 17.7. The Morgan fingerprint density at radius 3 is 2.27 bits per heavy atom. The Hall–Kier alpha value is -2.78. The molecule has 1 heterocycles. The number of halogens is 3. The van der Waals surface area contributed by atoms with Gasteiger partial charge >= 0.3 is 12.1 Å². The normalized spacial score (nSPS) is 21.6. The Labute approximate surface area is 216 Å². The van der Waals surface area contributed by atoms with E-state index in [0.717, 1.165) is 31.9 Å². The molecule has 3 rings (SSSR count). The van der Waals surface area contributed by atoms with E-state index in [2.05, 4.69) is 6.92 Å². The number of hydrogen-bond acceptors (Lipinski definition) is 6. The van der Waals surface area contributed by atoms with Crippen LogP contribution in [-0.4, -0.2) is 45.7 Å². The van der Waals surface area contributed by atoms with E-state index in [4.69, 9.17) is 23.7 Å². The molecule has 4 atom stereocenters. The third-order valence-corrected chi connectivity index (χ3v) is 6.72. The molecule has 0 aromatic heterocycles. The molecule has 0 bridgehead atoms. The summed E-state index contributed by atoms with van der Waals surface area (Å²) in [5.41, 5.74) is -2.81. The molecule has 2 aromatic carbocycles. The average molecular weight is 525 g/mol. The van der Waals surface area contributed by atoms with E-state index >= 15 is 0 Å². The SMILES string of the molecule is CCCCC[C@H]1C[C@@H](OC(=O)[C@](OC)(c2ccccc2)C(F)(F)F)C[C@@H](c2ccc(OC)c(OC)c2)O1. The van der Waals surface area contributed by atoms with Crippen molar-refractivity contribution in [1.29, 1.82) is 0 Å². The monoisotopic (exact) mass is 524 g/mol. The highest BCUT2D eigenvalue weighted by Crippen LogP contribution is 2.45. The summed E-state index contributed by atoms with van der Waals surface area (Å²) < 4.78 is 70.6. The van der Waals surface area contributed by atoms with Crippen molar-refractivity contribution in [2.24, 2.45) is 0 Å². The maximum absolute atomic E-state index is 14.4. The van der Waals surface area contributed by atoms with Gasteiger partial charge < -0.3 is 23.7 Å². The summed E-state index contributed by atoms with van der Waals surface area (Å²) in [7, 11) is 3.92. The molecule has 37 heavy (non-hydrogen) atoms. The molecule has 0 N–H and O–H groups in total. The van der Waals surface area contributed by atoms with Gasteiger partial charge in [-0.15, -0.1) is 0 Å². The summed E-state index contributed by atoms with van der Waals surface area (Å²) in [6, 6.07) is 12.2. The van der Waals surface area contributed by atoms with Crippen LogP contribution in [0.15, 0.2) is 48.5 Å². The summed E-state index contributed by atoms with van der Waals surface area (Å²) in [6.45, 7) is 2.09. The fourth-order valence-corrected chi connectivity index (χ4v) is 4.76. The van der Waals surface area contributed by atoms with E-state index in [0.29, 0.717) is 24.3 Å². The Balaban J connectivity index is 1.90. The molecule has 0 unspecified atom stereocenters. The molecule has 0 spiro atoms. The number of alkyl halides is 3. The van der Waals surface area contributed by atoms with Crippen LogP contribution < -0.4 is 9.47 Å². The van der Waals surface area contributed by atoms with Crippen molar-refractivity contribution in [3.63, 3.8) is 0 Å². The van der Waals surface area contributed by atoms with Crippen molar-refractivity contribution in [3.8, 4) is 11.5 Å². The topological polar surface area (TPSA) is 63.2 Å². The maximum Gasteiger partial charge on any atom is 0.432 e. The molecule has 1 aliphatic heterocycles. The quantitative estimate of drug-likeness (QED) is 0.246. The van der Waals surface area contributed by atoms with Crippen LogP contribution >= 0.6 is 0 Å². The number of hydrogen-bond donors (Lipinski definition) is 0. The second-order valence-electron chi connectivity index (χ2n) is 9.10. The smallest absolute Gasteiger partial charge is 0.432 e. The zero-order valence-electron chi connectivity index (χ0n) is 21.7. The number of esters is 1. The lowest BCUT2D eigenvalue weighted by molar-refractivity contribution is -0.280. The number of ether oxygens (including phenoxy) is 5. The van der Waals surface area contributed by atoms with Crippen LogP contribution in [0.5, 0.6) is 11.5 Å². The molecular weight excluding hydrogens is 489 g/mol. The van der Waals surface area contributed by atoms with E-state index in [-0.39, 0.29) is 18.1 Å². The predicted octanol–water partition coefficient (Wildman–Crippen LogP) is 6.52. The van der Waals surface area contributed by atoms with Crippen molar-refractivity contribution in [2.75, 3.05) is 21.3 Å². The fourth-order valence-electron chi connectivity index (χ4n) is 4.76. The molecule has 9 heteroatoms. The molecule has 1 aliphatic rings. The van der Waals surface area contributed by atoms with Crippen LogP contribution in [0.2, 0.25) is 0 Å². The van der Waals surface area contributed by atoms with E-state index in [9.17, 15) is 18.0 Å². The Morgan fingerprint density at radius 2 is 1.68 bits per heavy atom. The molecule has 0 amide bonds. The summed E-state index contributed by atoms with van der Waals surface area (Å²) in [4.78, 5) is 13.3. The highest BCUT2D eigenvalue weighted by atomic mass is 19.4. The molecule has 0 aliphatic carbocycles. The molecular formula is C28H35F3O6. The Bertz CT molecular complexity index is 1010. The van der Waals surface area contributed by atoms with Gasteiger partial charge in [-0.25, -0.2) is 4.79 Å². The highest BCUT2D eigenvalue weighted by Gasteiger charge is 2.64. The van der Waals surface area contributed by atoms with Crippen LogP contribution in [0, 0.1) is 0 Å². The van der Waals surface area contributed by atoms with Gasteiger partial charge in [0.2, 0.25) is 0 Å². The zero-order chi connectivity index (χ0) is 27.1. The number of carbonyl (C=O) groups excluding carboxylic acids is 1. The van der Waals surface area contributed by atoms with E-state index < -0.39 is 30.0 Å². The van der Waals surface area contributed by atoms with Crippen LogP contribution in [0.1, 0.15) is 62.7 Å². The van der Waals surface area contributed by atoms with Gasteiger partial charge in [-0.05, 0) is 24.1 Å². The fraction of sp³-hybridized carbons (Fsp3) is 0.536. The van der Waals surface area contributed by atoms with Crippen molar-refractivity contribution in [2.45, 2.75) is 75.5 Å². The summed E-state index contributed by atoms with van der Waals surface area (Å²) in [5, 5.41) is 0. The van der Waals surface area contributed by atoms with Crippen molar-refractivity contribution >= 4 is 5.97 Å². The van der Waals surface area contributed by atoms with Crippen LogP contribution in [-0.2, 0) is 24.6 Å². The largest absolute Gasteiger partial charge is 0.493 e. The minimum absolute atomic E-state index is 0.192. The number of carbonyl (C=O) groups is 1. The van der Waals surface area contributed by atoms with Gasteiger partial charge in [-0.1, -0.05) is 62.6 Å². The van der Waals surface area contributed by atoms with E-state index in [1.807, 2.05) is 6.07 Å². The van der Waals surface area contributed by atoms with Crippen LogP contribution in [0.4, 0.5) is 13.2 Å². The molecule has 6 nitrogen and oxygen atoms in total. The Morgan fingerprint density at radius 1 is 0.973 bits per heavy atom. The van der Waals surface area contributed by atoms with Gasteiger partial charge in [0.15, 0.2) is 11.5 Å². The second-order valence-corrected chi connectivity index (χ2v) is 9.10. The van der Waals surface area contributed by atoms with Crippen molar-refractivity contribution < 1.29 is 41.7 Å². The van der Waals surface area contributed by atoms with Crippen molar-refractivity contribution in [3.05, 3.63) is 59.7 Å². The molecule has 0 saturated carbocycles. The number of rotatable bonds is 11. The van der Waals surface area contributed by atoms with Crippen LogP contribution in [0.3, 0.4) is 0 Å². The lowest BCUT2D eigenvalue weighted by Gasteiger charge is -2.38. The molecule has 204 valence electrons. The first kappa shape index (κ1) is 28.8. The van der Waals surface area contributed by atoms with Crippen molar-refractivity contribution in [1.82, 2.24) is 0 Å². The van der Waals surface area contributed by atoms with Gasteiger partial charge in [0.1, 0.15) is 6.10 Å². The second kappa shape index (κ2) is 12.6. The number of unbranched alkanes of at least 4 members (excludes halogenated alkanes) is 2. The summed E-state index contributed by atoms with van der Waals surface area (Å²) in [5.74, 6) is -0.439. The summed E-state index contributed by atoms with van der Waals surface area (Å²) >= 11 is 0. The number of methoxy groups -OCH3 is 3. The zero-order valence-corrected chi connectivity index (χ0v) is 21.7. The molecule has 1 saturated heterocycles. The minimum Gasteiger partial charge on any atom is -0.493 e. The van der Waals surface area contributed by atoms with Gasteiger partial charge in [0, 0.05) is 25.5 Å². The Kier molecular flexibility index (Phi) is 9.84. The molecule has 2 aromatic rings. The maximum atomic E-state index is 14.4. The first-order valence-corrected chi connectivity index (χ1v) is 12.5. The lowest BCUT2D eigenvalue weighted by Crippen LogP contribution is -2.53. The molecule has 0 radical (unpaired) electrons. The first-order valence-electron chi connectivity index (χ1n) is 12.5. The van der Waals surface area contributed by atoms with E-state index in [1.54, 1.807) is 18.2 Å². The predicted molar refractivity (Wildman–Crippen MR) is 132 cm³/mol. The summed E-state index contributed by atoms with van der Waals surface area (Å²) in [6.07, 6.45) is -2.50.